The Hall–Kier alpha value is -2.37. The first-order valence-corrected chi connectivity index (χ1v) is 7.04. The molecule has 0 spiro atoms. The molecule has 3 rings (SSSR count). The summed E-state index contributed by atoms with van der Waals surface area (Å²) in [6.07, 6.45) is 5.11. The SMILES string of the molecule is CC1CCCN(c2nc(-c3ccco3)ncc2C(=O)O)C1. The van der Waals surface area contributed by atoms with Gasteiger partial charge in [-0.3, -0.25) is 0 Å². The molecule has 1 fully saturated rings. The normalized spacial score (nSPS) is 18.7. The van der Waals surface area contributed by atoms with E-state index in [0.29, 0.717) is 23.3 Å². The fraction of sp³-hybridized carbons (Fsp3) is 0.400. The molecule has 6 nitrogen and oxygen atoms in total. The van der Waals surface area contributed by atoms with Crippen molar-refractivity contribution in [3.63, 3.8) is 0 Å². The molecule has 2 aromatic rings. The number of carboxylic acids is 1. The van der Waals surface area contributed by atoms with Crippen LogP contribution in [-0.2, 0) is 0 Å². The maximum atomic E-state index is 11.4. The van der Waals surface area contributed by atoms with E-state index in [4.69, 9.17) is 4.42 Å². The highest BCUT2D eigenvalue weighted by molar-refractivity contribution is 5.93. The van der Waals surface area contributed by atoms with E-state index >= 15 is 0 Å². The molecule has 3 heterocycles. The minimum atomic E-state index is -1.01. The van der Waals surface area contributed by atoms with Gasteiger partial charge in [-0.15, -0.1) is 0 Å². The zero-order chi connectivity index (χ0) is 14.8. The lowest BCUT2D eigenvalue weighted by atomic mass is 10.00. The molecule has 2 aromatic heterocycles. The fourth-order valence-electron chi connectivity index (χ4n) is 2.67. The van der Waals surface area contributed by atoms with Gasteiger partial charge in [0.25, 0.3) is 0 Å². The number of nitrogens with zero attached hydrogens (tertiary/aromatic N) is 3. The van der Waals surface area contributed by atoms with E-state index < -0.39 is 5.97 Å². The van der Waals surface area contributed by atoms with Gasteiger partial charge in [0.05, 0.1) is 6.26 Å². The number of rotatable bonds is 3. The summed E-state index contributed by atoms with van der Waals surface area (Å²) in [5.74, 6) is 0.962. The standard InChI is InChI=1S/C15H17N3O3/c1-10-4-2-6-18(9-10)14-11(15(19)20)8-16-13(17-14)12-5-3-7-21-12/h3,5,7-8,10H,2,4,6,9H2,1H3,(H,19,20). The van der Waals surface area contributed by atoms with E-state index in [9.17, 15) is 9.90 Å². The number of furan rings is 1. The van der Waals surface area contributed by atoms with Crippen LogP contribution in [0.2, 0.25) is 0 Å². The third-order valence-corrected chi connectivity index (χ3v) is 3.70. The van der Waals surface area contributed by atoms with Gasteiger partial charge in [0.15, 0.2) is 11.6 Å². The van der Waals surface area contributed by atoms with Crippen molar-refractivity contribution in [1.29, 1.82) is 0 Å². The van der Waals surface area contributed by atoms with Gasteiger partial charge in [-0.1, -0.05) is 6.92 Å². The van der Waals surface area contributed by atoms with Crippen molar-refractivity contribution in [2.75, 3.05) is 18.0 Å². The van der Waals surface area contributed by atoms with Crippen LogP contribution in [0.1, 0.15) is 30.1 Å². The van der Waals surface area contributed by atoms with Gasteiger partial charge in [-0.2, -0.15) is 0 Å². The minimum Gasteiger partial charge on any atom is -0.477 e. The second kappa shape index (κ2) is 5.55. The lowest BCUT2D eigenvalue weighted by Gasteiger charge is -2.32. The van der Waals surface area contributed by atoms with Crippen LogP contribution >= 0.6 is 0 Å². The van der Waals surface area contributed by atoms with Crippen LogP contribution in [0.4, 0.5) is 5.82 Å². The van der Waals surface area contributed by atoms with Crippen molar-refractivity contribution in [3.8, 4) is 11.6 Å². The number of hydrogen-bond acceptors (Lipinski definition) is 5. The Morgan fingerprint density at radius 1 is 1.52 bits per heavy atom. The van der Waals surface area contributed by atoms with E-state index in [1.165, 1.54) is 6.20 Å². The Labute approximate surface area is 122 Å². The molecule has 1 atom stereocenters. The van der Waals surface area contributed by atoms with Crippen LogP contribution in [0.25, 0.3) is 11.6 Å². The Balaban J connectivity index is 2.02. The van der Waals surface area contributed by atoms with Crippen molar-refractivity contribution < 1.29 is 14.3 Å². The fourth-order valence-corrected chi connectivity index (χ4v) is 2.67. The molecule has 0 aromatic carbocycles. The average molecular weight is 287 g/mol. The quantitative estimate of drug-likeness (QED) is 0.935. The van der Waals surface area contributed by atoms with Crippen molar-refractivity contribution >= 4 is 11.8 Å². The number of carboxylic acid groups (broad SMARTS) is 1. The van der Waals surface area contributed by atoms with Gasteiger partial charge in [0.2, 0.25) is 0 Å². The van der Waals surface area contributed by atoms with E-state index in [-0.39, 0.29) is 5.56 Å². The Morgan fingerprint density at radius 2 is 2.38 bits per heavy atom. The second-order valence-electron chi connectivity index (χ2n) is 5.41. The predicted molar refractivity (Wildman–Crippen MR) is 77.3 cm³/mol. The van der Waals surface area contributed by atoms with E-state index in [1.807, 2.05) is 4.90 Å². The molecule has 0 saturated carbocycles. The van der Waals surface area contributed by atoms with Gasteiger partial charge >= 0.3 is 5.97 Å². The highest BCUT2D eigenvalue weighted by Crippen LogP contribution is 2.26. The summed E-state index contributed by atoms with van der Waals surface area (Å²) in [4.78, 5) is 22.0. The van der Waals surface area contributed by atoms with Gasteiger partial charge in [0, 0.05) is 19.3 Å². The molecule has 0 radical (unpaired) electrons. The number of carbonyl (C=O) groups is 1. The molecule has 1 aliphatic heterocycles. The number of piperidine rings is 1. The lowest BCUT2D eigenvalue weighted by molar-refractivity contribution is 0.0696. The lowest BCUT2D eigenvalue weighted by Crippen LogP contribution is -2.36. The molecule has 1 aliphatic rings. The number of aromatic nitrogens is 2. The zero-order valence-corrected chi connectivity index (χ0v) is 11.8. The topological polar surface area (TPSA) is 79.5 Å². The zero-order valence-electron chi connectivity index (χ0n) is 11.8. The molecule has 0 bridgehead atoms. The molecule has 1 unspecified atom stereocenters. The van der Waals surface area contributed by atoms with Crippen LogP contribution in [0.15, 0.2) is 29.0 Å². The third-order valence-electron chi connectivity index (χ3n) is 3.70. The molecular weight excluding hydrogens is 270 g/mol. The molecule has 110 valence electrons. The maximum Gasteiger partial charge on any atom is 0.341 e. The smallest absolute Gasteiger partial charge is 0.341 e. The summed E-state index contributed by atoms with van der Waals surface area (Å²) in [5, 5.41) is 9.35. The van der Waals surface area contributed by atoms with Crippen LogP contribution in [0, 0.1) is 5.92 Å². The van der Waals surface area contributed by atoms with Crippen LogP contribution in [0.3, 0.4) is 0 Å². The molecule has 1 N–H and O–H groups in total. The summed E-state index contributed by atoms with van der Waals surface area (Å²) < 4.78 is 5.29. The minimum absolute atomic E-state index is 0.138. The van der Waals surface area contributed by atoms with Crippen LogP contribution in [0.5, 0.6) is 0 Å². The van der Waals surface area contributed by atoms with Crippen molar-refractivity contribution in [1.82, 2.24) is 9.97 Å². The van der Waals surface area contributed by atoms with Gasteiger partial charge in [-0.25, -0.2) is 14.8 Å². The largest absolute Gasteiger partial charge is 0.477 e. The summed E-state index contributed by atoms with van der Waals surface area (Å²) in [7, 11) is 0. The third kappa shape index (κ3) is 2.74. The molecule has 6 heteroatoms. The van der Waals surface area contributed by atoms with Crippen molar-refractivity contribution in [3.05, 3.63) is 30.2 Å². The van der Waals surface area contributed by atoms with E-state index in [1.54, 1.807) is 18.4 Å². The van der Waals surface area contributed by atoms with Gasteiger partial charge in [-0.05, 0) is 30.9 Å². The molecule has 21 heavy (non-hydrogen) atoms. The predicted octanol–water partition coefficient (Wildman–Crippen LogP) is 2.67. The number of aromatic carboxylic acids is 1. The second-order valence-corrected chi connectivity index (χ2v) is 5.41. The number of anilines is 1. The highest BCUT2D eigenvalue weighted by Gasteiger charge is 2.24. The Bertz CT molecular complexity index is 640. The summed E-state index contributed by atoms with van der Waals surface area (Å²) in [5.41, 5.74) is 0.138. The first kappa shape index (κ1) is 13.6. The monoisotopic (exact) mass is 287 g/mol. The molecular formula is C15H17N3O3. The summed E-state index contributed by atoms with van der Waals surface area (Å²) in [6.45, 7) is 3.80. The Kier molecular flexibility index (Phi) is 3.60. The summed E-state index contributed by atoms with van der Waals surface area (Å²) >= 11 is 0. The van der Waals surface area contributed by atoms with E-state index in [2.05, 4.69) is 16.9 Å². The van der Waals surface area contributed by atoms with Gasteiger partial charge in [0.1, 0.15) is 11.4 Å². The van der Waals surface area contributed by atoms with Crippen molar-refractivity contribution in [2.45, 2.75) is 19.8 Å². The van der Waals surface area contributed by atoms with Gasteiger partial charge < -0.3 is 14.4 Å². The van der Waals surface area contributed by atoms with E-state index in [0.717, 1.165) is 25.9 Å². The average Bonchev–Trinajstić information content (AvgIpc) is 3.00. The first-order valence-electron chi connectivity index (χ1n) is 7.04. The maximum absolute atomic E-state index is 11.4. The van der Waals surface area contributed by atoms with Crippen LogP contribution < -0.4 is 4.90 Å². The van der Waals surface area contributed by atoms with Crippen molar-refractivity contribution in [2.24, 2.45) is 5.92 Å². The molecule has 0 aliphatic carbocycles. The summed E-state index contributed by atoms with van der Waals surface area (Å²) in [6, 6.07) is 3.52. The number of hydrogen-bond donors (Lipinski definition) is 1. The molecule has 1 saturated heterocycles. The first-order chi connectivity index (χ1) is 10.1. The molecule has 0 amide bonds. The van der Waals surface area contributed by atoms with Crippen LogP contribution in [-0.4, -0.2) is 34.1 Å². The Morgan fingerprint density at radius 3 is 3.05 bits per heavy atom. The highest BCUT2D eigenvalue weighted by atomic mass is 16.4.